The second kappa shape index (κ2) is 4.00. The van der Waals surface area contributed by atoms with Crippen LogP contribution in [-0.2, 0) is 4.79 Å². The molecule has 0 radical (unpaired) electrons. The number of β-amino-alcohol motifs (C(OH)–C–C–N with tert-alkyl or cyclic N) is 1. The monoisotopic (exact) mass is 226 g/mol. The van der Waals surface area contributed by atoms with E-state index in [1.54, 1.807) is 0 Å². The molecule has 0 aromatic heterocycles. The maximum absolute atomic E-state index is 12.3. The quantitative estimate of drug-likeness (QED) is 0.700. The molecular weight excluding hydrogens is 204 g/mol. The lowest BCUT2D eigenvalue weighted by Crippen LogP contribution is -2.46. The van der Waals surface area contributed by atoms with Crippen molar-refractivity contribution in [1.29, 1.82) is 0 Å². The van der Waals surface area contributed by atoms with E-state index in [2.05, 4.69) is 11.9 Å². The number of aliphatic hydroxyl groups excluding tert-OH is 1. The number of amides is 1. The van der Waals surface area contributed by atoms with Crippen LogP contribution in [0.5, 0.6) is 0 Å². The molecule has 2 heterocycles. The third kappa shape index (κ3) is 2.09. The molecule has 2 atom stereocenters. The van der Waals surface area contributed by atoms with Gasteiger partial charge in [0, 0.05) is 18.6 Å². The van der Waals surface area contributed by atoms with Crippen molar-refractivity contribution < 1.29 is 9.90 Å². The zero-order valence-corrected chi connectivity index (χ0v) is 10.4. The molecule has 1 amide bonds. The molecular formula is C12H22N2O2. The number of carbonyl (C=O) groups excluding carboxylic acids is 1. The van der Waals surface area contributed by atoms with Crippen molar-refractivity contribution in [2.45, 2.75) is 38.3 Å². The average Bonchev–Trinajstić information content (AvgIpc) is 2.69. The Morgan fingerprint density at radius 3 is 2.50 bits per heavy atom. The van der Waals surface area contributed by atoms with E-state index in [4.69, 9.17) is 0 Å². The van der Waals surface area contributed by atoms with Gasteiger partial charge in [-0.15, -0.1) is 0 Å². The normalized spacial score (nSPS) is 34.6. The highest BCUT2D eigenvalue weighted by atomic mass is 16.3. The van der Waals surface area contributed by atoms with Gasteiger partial charge in [0.1, 0.15) is 0 Å². The second-order valence-corrected chi connectivity index (χ2v) is 5.87. The van der Waals surface area contributed by atoms with Crippen LogP contribution < -0.4 is 0 Å². The topological polar surface area (TPSA) is 43.8 Å². The Hall–Kier alpha value is -0.610. The predicted octanol–water partition coefficient (Wildman–Crippen LogP) is 0.310. The summed E-state index contributed by atoms with van der Waals surface area (Å²) in [6, 6.07) is 0. The molecule has 4 nitrogen and oxygen atoms in total. The molecule has 2 rings (SSSR count). The fourth-order valence-electron chi connectivity index (χ4n) is 2.95. The lowest BCUT2D eigenvalue weighted by molar-refractivity contribution is -0.138. The van der Waals surface area contributed by atoms with Crippen molar-refractivity contribution in [3.8, 4) is 0 Å². The van der Waals surface area contributed by atoms with Crippen molar-refractivity contribution in [2.24, 2.45) is 5.92 Å². The standard InChI is InChI=1S/C12H22N2O2/c1-12(2)6-10(15)8-14(12)11(16)9-4-5-13(3)7-9/h9-10,15H,4-8H2,1-3H3. The van der Waals surface area contributed by atoms with Crippen LogP contribution in [0.25, 0.3) is 0 Å². The van der Waals surface area contributed by atoms with Gasteiger partial charge in [-0.05, 0) is 40.3 Å². The minimum Gasteiger partial charge on any atom is -0.391 e. The molecule has 0 aliphatic carbocycles. The van der Waals surface area contributed by atoms with Crippen molar-refractivity contribution in [3.63, 3.8) is 0 Å². The van der Waals surface area contributed by atoms with Crippen LogP contribution in [0.2, 0.25) is 0 Å². The van der Waals surface area contributed by atoms with Gasteiger partial charge < -0.3 is 14.9 Å². The molecule has 0 aromatic carbocycles. The van der Waals surface area contributed by atoms with E-state index in [-0.39, 0.29) is 23.5 Å². The molecule has 1 N–H and O–H groups in total. The summed E-state index contributed by atoms with van der Waals surface area (Å²) in [5.41, 5.74) is -0.183. The van der Waals surface area contributed by atoms with Crippen LogP contribution in [0.15, 0.2) is 0 Å². The maximum atomic E-state index is 12.3. The summed E-state index contributed by atoms with van der Waals surface area (Å²) in [5.74, 6) is 0.362. The van der Waals surface area contributed by atoms with Crippen LogP contribution in [0.3, 0.4) is 0 Å². The Labute approximate surface area is 97.2 Å². The molecule has 0 aromatic rings. The first kappa shape index (κ1) is 11.9. The van der Waals surface area contributed by atoms with Gasteiger partial charge in [-0.2, -0.15) is 0 Å². The zero-order valence-electron chi connectivity index (χ0n) is 10.4. The lowest BCUT2D eigenvalue weighted by Gasteiger charge is -2.33. The van der Waals surface area contributed by atoms with Crippen LogP contribution in [0.1, 0.15) is 26.7 Å². The Bertz CT molecular complexity index is 291. The Kier molecular flexibility index (Phi) is 2.97. The Balaban J connectivity index is 2.04. The first-order valence-corrected chi connectivity index (χ1v) is 6.08. The molecule has 0 bridgehead atoms. The van der Waals surface area contributed by atoms with Gasteiger partial charge >= 0.3 is 0 Å². The summed E-state index contributed by atoms with van der Waals surface area (Å²) in [6.45, 7) is 6.46. The third-order valence-corrected chi connectivity index (χ3v) is 3.87. The van der Waals surface area contributed by atoms with E-state index >= 15 is 0 Å². The van der Waals surface area contributed by atoms with Gasteiger partial charge in [0.15, 0.2) is 0 Å². The second-order valence-electron chi connectivity index (χ2n) is 5.87. The highest BCUT2D eigenvalue weighted by molar-refractivity contribution is 5.80. The number of hydrogen-bond acceptors (Lipinski definition) is 3. The minimum absolute atomic E-state index is 0.134. The SMILES string of the molecule is CN1CCC(C(=O)N2CC(O)CC2(C)C)C1. The van der Waals surface area contributed by atoms with Gasteiger partial charge in [-0.1, -0.05) is 0 Å². The summed E-state index contributed by atoms with van der Waals surface area (Å²) in [6.07, 6.45) is 1.30. The number of carbonyl (C=O) groups is 1. The number of likely N-dealkylation sites (tertiary alicyclic amines) is 2. The van der Waals surface area contributed by atoms with Gasteiger partial charge in [-0.25, -0.2) is 0 Å². The van der Waals surface area contributed by atoms with Crippen LogP contribution >= 0.6 is 0 Å². The Morgan fingerprint density at radius 1 is 1.38 bits per heavy atom. The largest absolute Gasteiger partial charge is 0.391 e. The highest BCUT2D eigenvalue weighted by Crippen LogP contribution is 2.31. The number of hydrogen-bond donors (Lipinski definition) is 1. The van der Waals surface area contributed by atoms with E-state index in [0.29, 0.717) is 13.0 Å². The van der Waals surface area contributed by atoms with Gasteiger partial charge in [0.2, 0.25) is 5.91 Å². The molecule has 16 heavy (non-hydrogen) atoms. The smallest absolute Gasteiger partial charge is 0.227 e. The molecule has 2 aliphatic heterocycles. The van der Waals surface area contributed by atoms with Crippen molar-refractivity contribution in [1.82, 2.24) is 9.80 Å². The summed E-state index contributed by atoms with van der Waals surface area (Å²) in [5, 5.41) is 9.67. The number of aliphatic hydroxyl groups is 1. The van der Waals surface area contributed by atoms with Crippen LogP contribution in [-0.4, -0.2) is 59.1 Å². The molecule has 0 saturated carbocycles. The van der Waals surface area contributed by atoms with Gasteiger partial charge in [0.25, 0.3) is 0 Å². The average molecular weight is 226 g/mol. The summed E-state index contributed by atoms with van der Waals surface area (Å²) >= 11 is 0. The van der Waals surface area contributed by atoms with E-state index in [0.717, 1.165) is 19.5 Å². The van der Waals surface area contributed by atoms with Gasteiger partial charge in [0.05, 0.1) is 12.0 Å². The first-order chi connectivity index (χ1) is 7.40. The fourth-order valence-corrected chi connectivity index (χ4v) is 2.95. The summed E-state index contributed by atoms with van der Waals surface area (Å²) in [4.78, 5) is 16.4. The Morgan fingerprint density at radius 2 is 2.06 bits per heavy atom. The molecule has 4 heteroatoms. The maximum Gasteiger partial charge on any atom is 0.227 e. The van der Waals surface area contributed by atoms with Crippen molar-refractivity contribution in [2.75, 3.05) is 26.7 Å². The van der Waals surface area contributed by atoms with Crippen molar-refractivity contribution in [3.05, 3.63) is 0 Å². The summed E-state index contributed by atoms with van der Waals surface area (Å²) in [7, 11) is 2.05. The molecule has 2 fully saturated rings. The predicted molar refractivity (Wildman–Crippen MR) is 62.0 cm³/mol. The van der Waals surface area contributed by atoms with Crippen LogP contribution in [0.4, 0.5) is 0 Å². The van der Waals surface area contributed by atoms with Gasteiger partial charge in [-0.3, -0.25) is 4.79 Å². The zero-order chi connectivity index (χ0) is 11.9. The minimum atomic E-state index is -0.349. The van der Waals surface area contributed by atoms with E-state index in [1.807, 2.05) is 18.7 Å². The molecule has 2 unspecified atom stereocenters. The molecule has 92 valence electrons. The fraction of sp³-hybridized carbons (Fsp3) is 0.917. The number of rotatable bonds is 1. The van der Waals surface area contributed by atoms with E-state index in [1.165, 1.54) is 0 Å². The van der Waals surface area contributed by atoms with Crippen molar-refractivity contribution >= 4 is 5.91 Å². The highest BCUT2D eigenvalue weighted by Gasteiger charge is 2.43. The molecule has 2 aliphatic rings. The number of nitrogens with zero attached hydrogens (tertiary/aromatic N) is 2. The molecule has 2 saturated heterocycles. The van der Waals surface area contributed by atoms with E-state index in [9.17, 15) is 9.90 Å². The lowest BCUT2D eigenvalue weighted by atomic mass is 9.99. The third-order valence-electron chi connectivity index (χ3n) is 3.87. The van der Waals surface area contributed by atoms with Crippen LogP contribution in [0, 0.1) is 5.92 Å². The van der Waals surface area contributed by atoms with E-state index < -0.39 is 0 Å². The summed E-state index contributed by atoms with van der Waals surface area (Å²) < 4.78 is 0. The molecule has 0 spiro atoms. The first-order valence-electron chi connectivity index (χ1n) is 6.08.